The highest BCUT2D eigenvalue weighted by atomic mass is 16.2. The summed E-state index contributed by atoms with van der Waals surface area (Å²) >= 11 is 0. The van der Waals surface area contributed by atoms with Crippen LogP contribution in [-0.2, 0) is 13.1 Å². The van der Waals surface area contributed by atoms with Crippen molar-refractivity contribution in [3.8, 4) is 0 Å². The summed E-state index contributed by atoms with van der Waals surface area (Å²) < 4.78 is 2.98. The summed E-state index contributed by atoms with van der Waals surface area (Å²) in [6, 6.07) is 4.22. The van der Waals surface area contributed by atoms with Crippen molar-refractivity contribution in [2.24, 2.45) is 5.73 Å². The fourth-order valence-electron chi connectivity index (χ4n) is 2.48. The Morgan fingerprint density at radius 3 is 2.50 bits per heavy atom. The van der Waals surface area contributed by atoms with Crippen LogP contribution in [0.2, 0.25) is 0 Å². The van der Waals surface area contributed by atoms with Crippen molar-refractivity contribution in [3.05, 3.63) is 51.2 Å². The molecule has 0 aliphatic rings. The number of hydrogen-bond donors (Lipinski definition) is 1. The molecule has 2 heterocycles. The van der Waals surface area contributed by atoms with E-state index in [0.29, 0.717) is 5.56 Å². The van der Waals surface area contributed by atoms with E-state index in [2.05, 4.69) is 5.10 Å². The lowest BCUT2D eigenvalue weighted by Gasteiger charge is -2.07. The third-order valence-corrected chi connectivity index (χ3v) is 3.60. The number of nitrogens with two attached hydrogens (primary N) is 1. The van der Waals surface area contributed by atoms with Gasteiger partial charge in [0.15, 0.2) is 5.78 Å². The second-order valence-electron chi connectivity index (χ2n) is 5.03. The number of carbonyl (C=O) groups excluding carboxylic acids is 2. The molecule has 2 aromatic heterocycles. The van der Waals surface area contributed by atoms with Crippen molar-refractivity contribution >= 4 is 11.7 Å². The fraction of sp³-hybridized carbons (Fsp3) is 0.333. The lowest BCUT2D eigenvalue weighted by atomic mass is 10.1. The van der Waals surface area contributed by atoms with Gasteiger partial charge in [-0.1, -0.05) is 0 Å². The number of primary amides is 1. The minimum atomic E-state index is -0.745. The zero-order valence-corrected chi connectivity index (χ0v) is 12.8. The molecule has 2 N–H and O–H groups in total. The molecule has 0 saturated carbocycles. The van der Waals surface area contributed by atoms with Crippen molar-refractivity contribution in [1.82, 2.24) is 14.3 Å². The molecule has 0 unspecified atom stereocenters. The SMILES string of the molecule is CCn1c(C)cc(C(=O)Cn2nc(C(N)=O)ccc2=O)c1C. The Morgan fingerprint density at radius 1 is 1.27 bits per heavy atom. The molecule has 1 amide bonds. The summed E-state index contributed by atoms with van der Waals surface area (Å²) in [6.07, 6.45) is 0. The predicted octanol–water partition coefficient (Wildman–Crippen LogP) is 0.663. The van der Waals surface area contributed by atoms with Gasteiger partial charge in [0.05, 0.1) is 0 Å². The molecule has 7 nitrogen and oxygen atoms in total. The maximum Gasteiger partial charge on any atom is 0.269 e. The summed E-state index contributed by atoms with van der Waals surface area (Å²) in [5.41, 5.74) is 7.01. The summed E-state index contributed by atoms with van der Waals surface area (Å²) in [5, 5.41) is 3.82. The zero-order valence-electron chi connectivity index (χ0n) is 12.8. The Bertz CT molecular complexity index is 802. The lowest BCUT2D eigenvalue weighted by Crippen LogP contribution is -2.29. The Morgan fingerprint density at radius 2 is 1.95 bits per heavy atom. The van der Waals surface area contributed by atoms with Crippen LogP contribution in [0.15, 0.2) is 23.0 Å². The molecular weight excluding hydrogens is 284 g/mol. The van der Waals surface area contributed by atoms with Gasteiger partial charge < -0.3 is 10.3 Å². The standard InChI is InChI=1S/C15H18N4O3/c1-4-18-9(2)7-11(10(18)3)13(20)8-19-14(21)6-5-12(17-19)15(16)22/h5-7H,4,8H2,1-3H3,(H2,16,22). The van der Waals surface area contributed by atoms with Crippen molar-refractivity contribution in [2.75, 3.05) is 0 Å². The smallest absolute Gasteiger partial charge is 0.269 e. The summed E-state index contributed by atoms with van der Waals surface area (Å²) in [4.78, 5) is 35.3. The van der Waals surface area contributed by atoms with Crippen LogP contribution in [-0.4, -0.2) is 26.0 Å². The highest BCUT2D eigenvalue weighted by Crippen LogP contribution is 2.15. The first-order valence-electron chi connectivity index (χ1n) is 6.93. The molecule has 0 bridgehead atoms. The second-order valence-corrected chi connectivity index (χ2v) is 5.03. The first kappa shape index (κ1) is 15.7. The number of rotatable bonds is 5. The van der Waals surface area contributed by atoms with Gasteiger partial charge in [-0.05, 0) is 32.9 Å². The van der Waals surface area contributed by atoms with Crippen LogP contribution in [0.4, 0.5) is 0 Å². The number of hydrogen-bond acceptors (Lipinski definition) is 4. The number of ketones is 1. The van der Waals surface area contributed by atoms with Crippen molar-refractivity contribution < 1.29 is 9.59 Å². The average Bonchev–Trinajstić information content (AvgIpc) is 2.75. The van der Waals surface area contributed by atoms with Gasteiger partial charge in [-0.3, -0.25) is 14.4 Å². The van der Waals surface area contributed by atoms with Crippen molar-refractivity contribution in [2.45, 2.75) is 33.9 Å². The van der Waals surface area contributed by atoms with E-state index in [0.717, 1.165) is 22.6 Å². The van der Waals surface area contributed by atoms with Crippen LogP contribution in [0.3, 0.4) is 0 Å². The molecule has 0 aromatic carbocycles. The van der Waals surface area contributed by atoms with Gasteiger partial charge in [0.25, 0.3) is 11.5 Å². The van der Waals surface area contributed by atoms with Crippen LogP contribution in [0.25, 0.3) is 0 Å². The molecular formula is C15H18N4O3. The molecule has 7 heteroatoms. The van der Waals surface area contributed by atoms with Gasteiger partial charge in [-0.25, -0.2) is 4.68 Å². The summed E-state index contributed by atoms with van der Waals surface area (Å²) in [6.45, 7) is 6.32. The first-order chi connectivity index (χ1) is 10.3. The number of amides is 1. The fourth-order valence-corrected chi connectivity index (χ4v) is 2.48. The summed E-state index contributed by atoms with van der Waals surface area (Å²) in [5.74, 6) is -0.977. The third kappa shape index (κ3) is 2.83. The Hall–Kier alpha value is -2.70. The molecule has 2 aromatic rings. The number of carbonyl (C=O) groups is 2. The quantitative estimate of drug-likeness (QED) is 0.820. The molecule has 0 radical (unpaired) electrons. The van der Waals surface area contributed by atoms with Gasteiger partial charge >= 0.3 is 0 Å². The van der Waals surface area contributed by atoms with Crippen LogP contribution in [0.5, 0.6) is 0 Å². The lowest BCUT2D eigenvalue weighted by molar-refractivity contribution is 0.0953. The maximum absolute atomic E-state index is 12.4. The second kappa shape index (κ2) is 5.97. The van der Waals surface area contributed by atoms with Crippen LogP contribution >= 0.6 is 0 Å². The number of Topliss-reactive ketones (excluding diaryl/α,β-unsaturated/α-hetero) is 1. The molecule has 0 atom stereocenters. The normalized spacial score (nSPS) is 10.7. The molecule has 2 rings (SSSR count). The molecule has 0 fully saturated rings. The largest absolute Gasteiger partial charge is 0.364 e. The first-order valence-corrected chi connectivity index (χ1v) is 6.93. The Kier molecular flexibility index (Phi) is 4.25. The van der Waals surface area contributed by atoms with E-state index in [1.807, 2.05) is 25.3 Å². The van der Waals surface area contributed by atoms with Gasteiger partial charge in [0.1, 0.15) is 12.2 Å². The van der Waals surface area contributed by atoms with Crippen molar-refractivity contribution in [1.29, 1.82) is 0 Å². The van der Waals surface area contributed by atoms with E-state index in [4.69, 9.17) is 5.73 Å². The number of aryl methyl sites for hydroxylation is 1. The third-order valence-electron chi connectivity index (χ3n) is 3.60. The Balaban J connectivity index is 2.35. The van der Waals surface area contributed by atoms with E-state index in [-0.39, 0.29) is 18.0 Å². The van der Waals surface area contributed by atoms with E-state index in [1.165, 1.54) is 12.1 Å². The molecule has 0 aliphatic heterocycles. The monoisotopic (exact) mass is 302 g/mol. The minimum absolute atomic E-state index is 0.0496. The van der Waals surface area contributed by atoms with E-state index >= 15 is 0 Å². The summed E-state index contributed by atoms with van der Waals surface area (Å²) in [7, 11) is 0. The topological polar surface area (TPSA) is 100.0 Å². The van der Waals surface area contributed by atoms with Crippen molar-refractivity contribution in [3.63, 3.8) is 0 Å². The molecule has 0 saturated heterocycles. The predicted molar refractivity (Wildman–Crippen MR) is 80.9 cm³/mol. The van der Waals surface area contributed by atoms with Gasteiger partial charge in [-0.2, -0.15) is 5.10 Å². The number of nitrogens with zero attached hydrogens (tertiary/aromatic N) is 3. The molecule has 0 spiro atoms. The van der Waals surface area contributed by atoms with Gasteiger partial charge in [-0.15, -0.1) is 0 Å². The minimum Gasteiger partial charge on any atom is -0.364 e. The highest BCUT2D eigenvalue weighted by molar-refractivity contribution is 5.97. The van der Waals surface area contributed by atoms with Gasteiger partial charge in [0, 0.05) is 29.6 Å². The molecule has 22 heavy (non-hydrogen) atoms. The van der Waals surface area contributed by atoms with Crippen LogP contribution < -0.4 is 11.3 Å². The van der Waals surface area contributed by atoms with E-state index < -0.39 is 11.5 Å². The number of aromatic nitrogens is 3. The average molecular weight is 302 g/mol. The van der Waals surface area contributed by atoms with E-state index in [1.54, 1.807) is 6.07 Å². The van der Waals surface area contributed by atoms with Crippen LogP contribution in [0.1, 0.15) is 39.2 Å². The zero-order chi connectivity index (χ0) is 16.4. The molecule has 0 aliphatic carbocycles. The Labute approximate surface area is 127 Å². The van der Waals surface area contributed by atoms with E-state index in [9.17, 15) is 14.4 Å². The highest BCUT2D eigenvalue weighted by Gasteiger charge is 2.17. The van der Waals surface area contributed by atoms with Crippen LogP contribution in [0, 0.1) is 13.8 Å². The molecule has 116 valence electrons. The maximum atomic E-state index is 12.4. The van der Waals surface area contributed by atoms with Gasteiger partial charge in [0.2, 0.25) is 0 Å².